The van der Waals surface area contributed by atoms with Gasteiger partial charge in [0.15, 0.2) is 0 Å². The molecule has 0 aliphatic carbocycles. The minimum atomic E-state index is -3.18. The van der Waals surface area contributed by atoms with Gasteiger partial charge >= 0.3 is 0 Å². The highest BCUT2D eigenvalue weighted by Gasteiger charge is 2.48. The molecule has 1 spiro atoms. The van der Waals surface area contributed by atoms with E-state index in [-0.39, 0.29) is 23.2 Å². The largest absolute Gasteiger partial charge is 0.369 e. The van der Waals surface area contributed by atoms with Crippen LogP contribution in [0.4, 0.5) is 10.1 Å². The second-order valence-electron chi connectivity index (χ2n) is 9.26. The van der Waals surface area contributed by atoms with Crippen molar-refractivity contribution in [2.45, 2.75) is 38.1 Å². The van der Waals surface area contributed by atoms with Crippen molar-refractivity contribution in [3.05, 3.63) is 30.1 Å². The van der Waals surface area contributed by atoms with Gasteiger partial charge in [0.1, 0.15) is 5.82 Å². The van der Waals surface area contributed by atoms with E-state index in [1.54, 1.807) is 0 Å². The number of nitrogens with zero attached hydrogens (tertiary/aromatic N) is 3. The Kier molecular flexibility index (Phi) is 6.55. The van der Waals surface area contributed by atoms with E-state index < -0.39 is 10.0 Å². The molecule has 1 aromatic rings. The van der Waals surface area contributed by atoms with Gasteiger partial charge in [-0.05, 0) is 62.9 Å². The number of rotatable bonds is 6. The Balaban J connectivity index is 1.18. The average molecular weight is 453 g/mol. The summed E-state index contributed by atoms with van der Waals surface area (Å²) in [5.74, 6) is -0.0947. The summed E-state index contributed by atoms with van der Waals surface area (Å²) in [6, 6.07) is 6.89. The smallest absolute Gasteiger partial charge is 0.226 e. The average Bonchev–Trinajstić information content (AvgIpc) is 3.03. The van der Waals surface area contributed by atoms with Crippen LogP contribution in [0.2, 0.25) is 0 Å². The van der Waals surface area contributed by atoms with E-state index in [0.29, 0.717) is 25.9 Å². The molecule has 3 fully saturated rings. The molecule has 1 amide bonds. The van der Waals surface area contributed by atoms with E-state index >= 15 is 0 Å². The van der Waals surface area contributed by atoms with Crippen LogP contribution in [0.1, 0.15) is 32.1 Å². The van der Waals surface area contributed by atoms with Gasteiger partial charge in [0.25, 0.3) is 0 Å². The van der Waals surface area contributed by atoms with Gasteiger partial charge in [-0.1, -0.05) is 0 Å². The van der Waals surface area contributed by atoms with Gasteiger partial charge in [0.2, 0.25) is 15.9 Å². The monoisotopic (exact) mass is 452 g/mol. The summed E-state index contributed by atoms with van der Waals surface area (Å²) in [5, 5.41) is 3.17. The van der Waals surface area contributed by atoms with E-state index in [1.807, 2.05) is 12.1 Å². The van der Waals surface area contributed by atoms with E-state index in [0.717, 1.165) is 57.7 Å². The molecular formula is C22H33FN4O3S. The first-order valence-electron chi connectivity index (χ1n) is 11.2. The molecule has 0 bridgehead atoms. The lowest BCUT2D eigenvalue weighted by molar-refractivity contribution is -0.129. The molecule has 0 unspecified atom stereocenters. The summed E-state index contributed by atoms with van der Waals surface area (Å²) in [6.07, 6.45) is 5.29. The van der Waals surface area contributed by atoms with Gasteiger partial charge in [0.05, 0.1) is 11.7 Å². The summed E-state index contributed by atoms with van der Waals surface area (Å²) in [7, 11) is -3.18. The number of piperazine rings is 1. The number of carbonyl (C=O) groups is 1. The Morgan fingerprint density at radius 1 is 1.06 bits per heavy atom. The number of hydrogen-bond donors (Lipinski definition) is 1. The fraction of sp³-hybridized carbons (Fsp3) is 0.682. The maximum Gasteiger partial charge on any atom is 0.226 e. The summed E-state index contributed by atoms with van der Waals surface area (Å²) < 4.78 is 38.1. The number of carbonyl (C=O) groups excluding carboxylic acids is 1. The number of piperidine rings is 1. The van der Waals surface area contributed by atoms with Crippen LogP contribution in [0.15, 0.2) is 24.3 Å². The third-order valence-corrected chi connectivity index (χ3v) is 8.50. The molecule has 0 saturated carbocycles. The maximum atomic E-state index is 13.1. The quantitative estimate of drug-likeness (QED) is 0.711. The number of benzene rings is 1. The highest BCUT2D eigenvalue weighted by molar-refractivity contribution is 7.88. The van der Waals surface area contributed by atoms with Gasteiger partial charge < -0.3 is 10.2 Å². The summed E-state index contributed by atoms with van der Waals surface area (Å²) in [4.78, 5) is 17.4. The molecule has 4 rings (SSSR count). The number of sulfonamides is 1. The maximum absolute atomic E-state index is 13.1. The van der Waals surface area contributed by atoms with Crippen LogP contribution in [-0.4, -0.2) is 81.6 Å². The second-order valence-corrected chi connectivity index (χ2v) is 11.2. The zero-order valence-corrected chi connectivity index (χ0v) is 19.0. The minimum absolute atomic E-state index is 0.110. The first-order valence-corrected chi connectivity index (χ1v) is 13.1. The van der Waals surface area contributed by atoms with Crippen molar-refractivity contribution in [3.63, 3.8) is 0 Å². The first kappa shape index (κ1) is 22.5. The van der Waals surface area contributed by atoms with Crippen LogP contribution < -0.4 is 10.2 Å². The number of nitrogens with one attached hydrogen (secondary N) is 1. The molecule has 31 heavy (non-hydrogen) atoms. The molecule has 7 nitrogen and oxygen atoms in total. The number of halogens is 1. The number of amides is 1. The van der Waals surface area contributed by atoms with Crippen molar-refractivity contribution in [2.24, 2.45) is 5.41 Å². The standard InChI is InChI=1S/C22H33FN4O3S/c1-31(29,30)27-11-8-22(9-12-27)17-19(24-21(22)28)3-2-10-25-13-15-26(16-14-25)20-6-4-18(23)5-7-20/h4-7,19H,2-3,8-17H2,1H3,(H,24,28)/t19-/m0/s1. The lowest BCUT2D eigenvalue weighted by atomic mass is 9.76. The van der Waals surface area contributed by atoms with Crippen LogP contribution in [0.3, 0.4) is 0 Å². The van der Waals surface area contributed by atoms with E-state index in [2.05, 4.69) is 15.1 Å². The van der Waals surface area contributed by atoms with Crippen LogP contribution in [0.5, 0.6) is 0 Å². The summed E-state index contributed by atoms with van der Waals surface area (Å²) in [5.41, 5.74) is 0.689. The van der Waals surface area contributed by atoms with E-state index in [4.69, 9.17) is 0 Å². The minimum Gasteiger partial charge on any atom is -0.369 e. The van der Waals surface area contributed by atoms with Crippen LogP contribution in [0, 0.1) is 11.2 Å². The van der Waals surface area contributed by atoms with Gasteiger partial charge in [-0.15, -0.1) is 0 Å². The molecular weight excluding hydrogens is 419 g/mol. The highest BCUT2D eigenvalue weighted by Crippen LogP contribution is 2.41. The number of hydrogen-bond acceptors (Lipinski definition) is 5. The fourth-order valence-corrected chi connectivity index (χ4v) is 6.09. The van der Waals surface area contributed by atoms with Crippen molar-refractivity contribution in [2.75, 3.05) is 57.0 Å². The Hall–Kier alpha value is -1.71. The van der Waals surface area contributed by atoms with Gasteiger partial charge in [-0.25, -0.2) is 17.1 Å². The highest BCUT2D eigenvalue weighted by atomic mass is 32.2. The molecule has 1 aromatic carbocycles. The lowest BCUT2D eigenvalue weighted by Gasteiger charge is -2.36. The van der Waals surface area contributed by atoms with Gasteiger partial charge in [-0.3, -0.25) is 9.69 Å². The zero-order chi connectivity index (χ0) is 22.1. The van der Waals surface area contributed by atoms with Gasteiger partial charge in [-0.2, -0.15) is 0 Å². The van der Waals surface area contributed by atoms with Gasteiger partial charge in [0, 0.05) is 51.0 Å². The van der Waals surface area contributed by atoms with E-state index in [9.17, 15) is 17.6 Å². The van der Waals surface area contributed by atoms with E-state index in [1.165, 1.54) is 22.7 Å². The van der Waals surface area contributed by atoms with Crippen molar-refractivity contribution in [1.82, 2.24) is 14.5 Å². The van der Waals surface area contributed by atoms with Crippen LogP contribution >= 0.6 is 0 Å². The van der Waals surface area contributed by atoms with Crippen molar-refractivity contribution < 1.29 is 17.6 Å². The molecule has 3 saturated heterocycles. The Morgan fingerprint density at radius 2 is 1.71 bits per heavy atom. The molecule has 1 N–H and O–H groups in total. The van der Waals surface area contributed by atoms with Crippen molar-refractivity contribution in [3.8, 4) is 0 Å². The molecule has 3 aliphatic heterocycles. The molecule has 0 aromatic heterocycles. The summed E-state index contributed by atoms with van der Waals surface area (Å²) in [6.45, 7) is 5.74. The third-order valence-electron chi connectivity index (χ3n) is 7.19. The second kappa shape index (κ2) is 9.03. The Bertz CT molecular complexity index is 877. The Labute approximate surface area is 184 Å². The van der Waals surface area contributed by atoms with Crippen LogP contribution in [-0.2, 0) is 14.8 Å². The molecule has 1 atom stereocenters. The fourth-order valence-electron chi connectivity index (χ4n) is 5.25. The van der Waals surface area contributed by atoms with Crippen LogP contribution in [0.25, 0.3) is 0 Å². The molecule has 172 valence electrons. The predicted octanol–water partition coefficient (Wildman–Crippen LogP) is 1.66. The normalized spacial score (nSPS) is 25.2. The molecule has 3 heterocycles. The Morgan fingerprint density at radius 3 is 2.32 bits per heavy atom. The molecule has 9 heteroatoms. The first-order chi connectivity index (χ1) is 14.7. The van der Waals surface area contributed by atoms with Crippen molar-refractivity contribution in [1.29, 1.82) is 0 Å². The molecule has 0 radical (unpaired) electrons. The lowest BCUT2D eigenvalue weighted by Crippen LogP contribution is -2.46. The van der Waals surface area contributed by atoms with Crippen molar-refractivity contribution >= 4 is 21.6 Å². The third kappa shape index (κ3) is 5.21. The summed E-state index contributed by atoms with van der Waals surface area (Å²) >= 11 is 0. The predicted molar refractivity (Wildman–Crippen MR) is 119 cm³/mol. The SMILES string of the molecule is CS(=O)(=O)N1CCC2(CC1)C[C@H](CCCN1CCN(c3ccc(F)cc3)CC1)NC2=O. The topological polar surface area (TPSA) is 73.0 Å². The number of anilines is 1. The molecule has 3 aliphatic rings. The zero-order valence-electron chi connectivity index (χ0n) is 18.2.